The summed E-state index contributed by atoms with van der Waals surface area (Å²) in [6.45, 7) is -0.385. The maximum absolute atomic E-state index is 12.4. The van der Waals surface area contributed by atoms with E-state index in [-0.39, 0.29) is 11.4 Å². The number of nitrogens with zero attached hydrogens (tertiary/aromatic N) is 2. The lowest BCUT2D eigenvalue weighted by Gasteiger charge is -2.16. The molecular weight excluding hydrogens is 398 g/mol. The van der Waals surface area contributed by atoms with Crippen molar-refractivity contribution in [3.63, 3.8) is 0 Å². The smallest absolute Gasteiger partial charge is 0.255 e. The van der Waals surface area contributed by atoms with Crippen LogP contribution in [0.4, 0.5) is 0 Å². The minimum absolute atomic E-state index is 0.108. The Bertz CT molecular complexity index is 952. The van der Waals surface area contributed by atoms with Crippen LogP contribution in [0.1, 0.15) is 5.56 Å². The molecule has 9 nitrogen and oxygen atoms in total. The highest BCUT2D eigenvalue weighted by Crippen LogP contribution is 2.37. The molecule has 0 radical (unpaired) electrons. The third kappa shape index (κ3) is 5.46. The van der Waals surface area contributed by atoms with Crippen molar-refractivity contribution in [2.24, 2.45) is 5.10 Å². The van der Waals surface area contributed by atoms with E-state index in [1.165, 1.54) is 46.7 Å². The van der Waals surface area contributed by atoms with Gasteiger partial charge in [-0.2, -0.15) is 9.41 Å². The number of sulfonamides is 1. The summed E-state index contributed by atoms with van der Waals surface area (Å²) in [7, 11) is 2.03. The molecule has 0 spiro atoms. The zero-order chi connectivity index (χ0) is 21.4. The normalized spacial score (nSPS) is 11.5. The lowest BCUT2D eigenvalue weighted by atomic mass is 10.2. The lowest BCUT2D eigenvalue weighted by molar-refractivity contribution is -0.121. The molecule has 2 aromatic rings. The molecule has 0 aliphatic rings. The molecule has 2 aromatic carbocycles. The summed E-state index contributed by atoms with van der Waals surface area (Å²) in [5.41, 5.74) is 2.89. The fourth-order valence-electron chi connectivity index (χ4n) is 2.45. The van der Waals surface area contributed by atoms with Crippen molar-refractivity contribution in [2.75, 3.05) is 34.9 Å². The van der Waals surface area contributed by atoms with Gasteiger partial charge in [0.25, 0.3) is 5.91 Å². The van der Waals surface area contributed by atoms with Crippen molar-refractivity contribution in [3.05, 3.63) is 48.0 Å². The molecule has 0 fully saturated rings. The number of benzene rings is 2. The third-order valence-electron chi connectivity index (χ3n) is 3.91. The van der Waals surface area contributed by atoms with Gasteiger partial charge in [0, 0.05) is 12.6 Å². The highest BCUT2D eigenvalue weighted by Gasteiger charge is 2.22. The van der Waals surface area contributed by atoms with E-state index in [0.29, 0.717) is 22.8 Å². The van der Waals surface area contributed by atoms with Gasteiger partial charge in [-0.05, 0) is 24.3 Å². The number of carbonyl (C=O) groups is 1. The van der Waals surface area contributed by atoms with Crippen LogP contribution in [0, 0.1) is 0 Å². The van der Waals surface area contributed by atoms with Gasteiger partial charge in [-0.15, -0.1) is 0 Å². The van der Waals surface area contributed by atoms with E-state index in [1.807, 2.05) is 0 Å². The van der Waals surface area contributed by atoms with Crippen LogP contribution < -0.4 is 19.6 Å². The summed E-state index contributed by atoms with van der Waals surface area (Å²) in [4.78, 5) is 12.2. The molecule has 2 rings (SSSR count). The molecule has 1 N–H and O–H groups in total. The van der Waals surface area contributed by atoms with Gasteiger partial charge in [-0.3, -0.25) is 4.79 Å². The van der Waals surface area contributed by atoms with Gasteiger partial charge in [0.15, 0.2) is 11.5 Å². The Labute approximate surface area is 169 Å². The summed E-state index contributed by atoms with van der Waals surface area (Å²) in [6, 6.07) is 11.2. The van der Waals surface area contributed by atoms with Gasteiger partial charge in [-0.25, -0.2) is 13.8 Å². The number of hydrazone groups is 1. The molecule has 0 aliphatic carbocycles. The molecule has 0 saturated carbocycles. The second-order valence-corrected chi connectivity index (χ2v) is 7.87. The first kappa shape index (κ1) is 22.2. The third-order valence-corrected chi connectivity index (χ3v) is 5.73. The van der Waals surface area contributed by atoms with E-state index >= 15 is 0 Å². The van der Waals surface area contributed by atoms with Crippen LogP contribution in [-0.2, 0) is 14.8 Å². The van der Waals surface area contributed by atoms with Crippen molar-refractivity contribution >= 4 is 22.1 Å². The molecule has 0 saturated heterocycles. The van der Waals surface area contributed by atoms with Gasteiger partial charge >= 0.3 is 0 Å². The van der Waals surface area contributed by atoms with Crippen molar-refractivity contribution in [3.8, 4) is 17.2 Å². The fraction of sp³-hybridized carbons (Fsp3) is 0.263. The Morgan fingerprint density at radius 3 is 2.17 bits per heavy atom. The monoisotopic (exact) mass is 421 g/mol. The van der Waals surface area contributed by atoms with Gasteiger partial charge in [0.2, 0.25) is 15.8 Å². The Balaban J connectivity index is 2.04. The number of ether oxygens (including phenoxy) is 3. The molecule has 10 heteroatoms. The van der Waals surface area contributed by atoms with Crippen molar-refractivity contribution in [1.29, 1.82) is 0 Å². The van der Waals surface area contributed by atoms with Crippen LogP contribution in [0.3, 0.4) is 0 Å². The van der Waals surface area contributed by atoms with Crippen LogP contribution in [0.15, 0.2) is 52.5 Å². The summed E-state index contributed by atoms with van der Waals surface area (Å²) >= 11 is 0. The minimum atomic E-state index is -3.76. The second kappa shape index (κ2) is 9.89. The van der Waals surface area contributed by atoms with E-state index in [9.17, 15) is 13.2 Å². The molecule has 0 aliphatic heterocycles. The van der Waals surface area contributed by atoms with Gasteiger partial charge < -0.3 is 14.2 Å². The van der Waals surface area contributed by atoms with Gasteiger partial charge in [-0.1, -0.05) is 18.2 Å². The predicted molar refractivity (Wildman–Crippen MR) is 108 cm³/mol. The SMILES string of the molecule is COc1cc(/C=N\NC(=O)CN(C)S(=O)(=O)c2ccccc2)cc(OC)c1OC. The Hall–Kier alpha value is -3.11. The summed E-state index contributed by atoms with van der Waals surface area (Å²) in [5, 5.41) is 3.86. The largest absolute Gasteiger partial charge is 0.493 e. The molecule has 0 heterocycles. The fourth-order valence-corrected chi connectivity index (χ4v) is 3.60. The second-order valence-electron chi connectivity index (χ2n) is 5.83. The molecule has 1 amide bonds. The molecule has 0 aromatic heterocycles. The van der Waals surface area contributed by atoms with Crippen LogP contribution in [0.25, 0.3) is 0 Å². The lowest BCUT2D eigenvalue weighted by Crippen LogP contribution is -2.36. The topological polar surface area (TPSA) is 107 Å². The summed E-state index contributed by atoms with van der Waals surface area (Å²) < 4.78 is 41.6. The van der Waals surface area contributed by atoms with E-state index in [0.717, 1.165) is 4.31 Å². The van der Waals surface area contributed by atoms with Crippen LogP contribution in [0.5, 0.6) is 17.2 Å². The summed E-state index contributed by atoms with van der Waals surface area (Å²) in [5.74, 6) is 0.723. The molecular formula is C19H23N3O6S. The molecule has 0 bridgehead atoms. The van der Waals surface area contributed by atoms with Crippen LogP contribution >= 0.6 is 0 Å². The number of likely N-dealkylation sites (N-methyl/N-ethyl adjacent to an activating group) is 1. The zero-order valence-electron chi connectivity index (χ0n) is 16.6. The average Bonchev–Trinajstić information content (AvgIpc) is 2.73. The highest BCUT2D eigenvalue weighted by molar-refractivity contribution is 7.89. The number of nitrogens with one attached hydrogen (secondary N) is 1. The maximum atomic E-state index is 12.4. The maximum Gasteiger partial charge on any atom is 0.255 e. The van der Waals surface area contributed by atoms with E-state index in [2.05, 4.69) is 10.5 Å². The standard InChI is InChI=1S/C19H23N3O6S/c1-22(29(24,25)15-8-6-5-7-9-15)13-18(23)21-20-12-14-10-16(26-2)19(28-4)17(11-14)27-3/h5-12H,13H2,1-4H3,(H,21,23)/b20-12-. The number of methoxy groups -OCH3 is 3. The number of hydrogen-bond acceptors (Lipinski definition) is 7. The van der Waals surface area contributed by atoms with E-state index < -0.39 is 15.9 Å². The van der Waals surface area contributed by atoms with Crippen molar-refractivity contribution in [2.45, 2.75) is 4.90 Å². The van der Waals surface area contributed by atoms with Gasteiger partial charge in [0.1, 0.15) is 0 Å². The predicted octanol–water partition coefficient (Wildman–Crippen LogP) is 1.48. The quantitative estimate of drug-likeness (QED) is 0.486. The van der Waals surface area contributed by atoms with Crippen molar-refractivity contribution in [1.82, 2.24) is 9.73 Å². The minimum Gasteiger partial charge on any atom is -0.493 e. The number of rotatable bonds is 9. The Morgan fingerprint density at radius 2 is 1.66 bits per heavy atom. The Morgan fingerprint density at radius 1 is 1.07 bits per heavy atom. The summed E-state index contributed by atoms with van der Waals surface area (Å²) in [6.07, 6.45) is 1.38. The Kier molecular flexibility index (Phi) is 7.57. The molecule has 156 valence electrons. The molecule has 0 unspecified atom stereocenters. The highest BCUT2D eigenvalue weighted by atomic mass is 32.2. The van der Waals surface area contributed by atoms with E-state index in [4.69, 9.17) is 14.2 Å². The van der Waals surface area contributed by atoms with Crippen LogP contribution in [-0.4, -0.2) is 59.8 Å². The number of hydrogen-bond donors (Lipinski definition) is 1. The van der Waals surface area contributed by atoms with E-state index in [1.54, 1.807) is 30.3 Å². The van der Waals surface area contributed by atoms with Crippen molar-refractivity contribution < 1.29 is 27.4 Å². The molecule has 0 atom stereocenters. The number of amides is 1. The van der Waals surface area contributed by atoms with Gasteiger partial charge in [0.05, 0.1) is 39.0 Å². The number of carbonyl (C=O) groups excluding carboxylic acids is 1. The first-order valence-corrected chi connectivity index (χ1v) is 9.90. The first-order chi connectivity index (χ1) is 13.8. The zero-order valence-corrected chi connectivity index (χ0v) is 17.4. The average molecular weight is 421 g/mol. The van der Waals surface area contributed by atoms with Crippen LogP contribution in [0.2, 0.25) is 0 Å². The molecule has 29 heavy (non-hydrogen) atoms. The first-order valence-electron chi connectivity index (χ1n) is 8.46.